The molecule has 0 bridgehead atoms. The molecule has 2 aromatic carbocycles. The molecule has 0 aliphatic rings. The van der Waals surface area contributed by atoms with E-state index in [4.69, 9.17) is 0 Å². The van der Waals surface area contributed by atoms with Crippen LogP contribution in [0.1, 0.15) is 11.3 Å². The van der Waals surface area contributed by atoms with Crippen molar-refractivity contribution < 1.29 is 35.8 Å². The molecule has 0 fully saturated rings. The third-order valence-electron chi connectivity index (χ3n) is 5.34. The Balaban J connectivity index is 1.66. The third-order valence-corrected chi connectivity index (χ3v) is 5.34. The molecule has 0 unspecified atom stereocenters. The standard InChI is InChI=1S/C24H14F6N4O3/c25-23(26,27)36-15-6-1-4-13(10-15)11-18-19-20(33-32-18)17-8-3-9-31-21(17)34(22(19)35)14-5-2-7-16(12-14)37-24(28,29)30/h1-10,12H,11H2,(H,32,33). The van der Waals surface area contributed by atoms with E-state index in [1.54, 1.807) is 18.2 Å². The molecule has 190 valence electrons. The van der Waals surface area contributed by atoms with Crippen molar-refractivity contribution in [3.8, 4) is 17.2 Å². The van der Waals surface area contributed by atoms with Crippen molar-refractivity contribution in [3.63, 3.8) is 0 Å². The lowest BCUT2D eigenvalue weighted by atomic mass is 10.1. The maximum atomic E-state index is 13.7. The Morgan fingerprint density at radius 1 is 0.865 bits per heavy atom. The highest BCUT2D eigenvalue weighted by atomic mass is 19.4. The lowest BCUT2D eigenvalue weighted by molar-refractivity contribution is -0.275. The quantitative estimate of drug-likeness (QED) is 0.303. The second kappa shape index (κ2) is 8.84. The van der Waals surface area contributed by atoms with E-state index < -0.39 is 29.8 Å². The Hall–Kier alpha value is -4.55. The molecule has 13 heteroatoms. The number of aromatic amines is 1. The zero-order chi connectivity index (χ0) is 26.4. The van der Waals surface area contributed by atoms with Gasteiger partial charge in [0.05, 0.1) is 22.3 Å². The molecule has 37 heavy (non-hydrogen) atoms. The number of ether oxygens (including phenoxy) is 2. The summed E-state index contributed by atoms with van der Waals surface area (Å²) in [6.07, 6.45) is -8.42. The monoisotopic (exact) mass is 520 g/mol. The first-order valence-electron chi connectivity index (χ1n) is 10.6. The zero-order valence-corrected chi connectivity index (χ0v) is 18.4. The van der Waals surface area contributed by atoms with Crippen molar-refractivity contribution in [2.75, 3.05) is 0 Å². The molecule has 0 amide bonds. The van der Waals surface area contributed by atoms with E-state index in [0.29, 0.717) is 16.5 Å². The number of benzene rings is 2. The molecule has 1 N–H and O–H groups in total. The van der Waals surface area contributed by atoms with Crippen molar-refractivity contribution in [1.29, 1.82) is 0 Å². The van der Waals surface area contributed by atoms with E-state index in [1.807, 2.05) is 0 Å². The molecule has 5 rings (SSSR count). The minimum Gasteiger partial charge on any atom is -0.406 e. The lowest BCUT2D eigenvalue weighted by Gasteiger charge is -2.13. The van der Waals surface area contributed by atoms with Gasteiger partial charge in [-0.15, -0.1) is 26.3 Å². The summed E-state index contributed by atoms with van der Waals surface area (Å²) in [4.78, 5) is 17.9. The van der Waals surface area contributed by atoms with Gasteiger partial charge >= 0.3 is 12.7 Å². The number of aromatic nitrogens is 4. The van der Waals surface area contributed by atoms with Crippen molar-refractivity contribution >= 4 is 21.9 Å². The number of nitrogens with one attached hydrogen (secondary N) is 1. The van der Waals surface area contributed by atoms with Gasteiger partial charge < -0.3 is 9.47 Å². The highest BCUT2D eigenvalue weighted by molar-refractivity contribution is 6.03. The number of nitrogens with zero attached hydrogens (tertiary/aromatic N) is 3. The van der Waals surface area contributed by atoms with E-state index >= 15 is 0 Å². The molecular formula is C24H14F6N4O3. The first kappa shape index (κ1) is 24.2. The van der Waals surface area contributed by atoms with Gasteiger partial charge in [0.1, 0.15) is 17.1 Å². The van der Waals surface area contributed by atoms with Crippen molar-refractivity contribution in [1.82, 2.24) is 19.7 Å². The van der Waals surface area contributed by atoms with Crippen molar-refractivity contribution in [3.05, 3.63) is 88.5 Å². The van der Waals surface area contributed by atoms with Gasteiger partial charge in [0.25, 0.3) is 5.56 Å². The summed E-state index contributed by atoms with van der Waals surface area (Å²) in [6, 6.07) is 13.3. The predicted molar refractivity (Wildman–Crippen MR) is 120 cm³/mol. The fraction of sp³-hybridized carbons (Fsp3) is 0.125. The number of H-pyrrole nitrogens is 1. The summed E-state index contributed by atoms with van der Waals surface area (Å²) in [5.41, 5.74) is 0.492. The van der Waals surface area contributed by atoms with Gasteiger partial charge in [0.2, 0.25) is 0 Å². The Labute approximate surface area is 202 Å². The van der Waals surface area contributed by atoms with Crippen LogP contribution in [0.25, 0.3) is 27.6 Å². The molecule has 0 saturated heterocycles. The number of alkyl halides is 6. The zero-order valence-electron chi connectivity index (χ0n) is 18.4. The first-order valence-corrected chi connectivity index (χ1v) is 10.6. The molecule has 7 nitrogen and oxygen atoms in total. The van der Waals surface area contributed by atoms with Gasteiger partial charge in [-0.25, -0.2) is 4.98 Å². The fourth-order valence-electron chi connectivity index (χ4n) is 4.02. The summed E-state index contributed by atoms with van der Waals surface area (Å²) in [7, 11) is 0. The van der Waals surface area contributed by atoms with E-state index in [-0.39, 0.29) is 28.8 Å². The average molecular weight is 520 g/mol. The maximum Gasteiger partial charge on any atom is 0.573 e. The SMILES string of the molecule is O=c1c2c(Cc3cccc(OC(F)(F)F)c3)n[nH]c2c2cccnc2n1-c1cccc(OC(F)(F)F)c1. The molecule has 3 heterocycles. The van der Waals surface area contributed by atoms with Crippen LogP contribution < -0.4 is 15.0 Å². The number of fused-ring (bicyclic) bond motifs is 3. The Morgan fingerprint density at radius 3 is 2.24 bits per heavy atom. The number of hydrogen-bond acceptors (Lipinski definition) is 5. The predicted octanol–water partition coefficient (Wildman–Crippen LogP) is 5.65. The molecule has 0 aliphatic carbocycles. The molecule has 0 atom stereocenters. The first-order chi connectivity index (χ1) is 17.5. The highest BCUT2D eigenvalue weighted by Crippen LogP contribution is 2.29. The summed E-state index contributed by atoms with van der Waals surface area (Å²) in [6.45, 7) is 0. The largest absolute Gasteiger partial charge is 0.573 e. The number of rotatable bonds is 5. The molecular weight excluding hydrogens is 506 g/mol. The Morgan fingerprint density at radius 2 is 1.54 bits per heavy atom. The number of pyridine rings is 2. The van der Waals surface area contributed by atoms with Crippen LogP contribution in [0.3, 0.4) is 0 Å². The average Bonchev–Trinajstić information content (AvgIpc) is 3.22. The molecule has 3 aromatic heterocycles. The Kier molecular flexibility index (Phi) is 5.77. The molecule has 0 aliphatic heterocycles. The molecule has 0 saturated carbocycles. The van der Waals surface area contributed by atoms with Crippen LogP contribution in [0.5, 0.6) is 11.5 Å². The topological polar surface area (TPSA) is 82.0 Å². The van der Waals surface area contributed by atoms with Gasteiger partial charge in [-0.3, -0.25) is 14.5 Å². The minimum atomic E-state index is -4.93. The second-order valence-electron chi connectivity index (χ2n) is 7.85. The highest BCUT2D eigenvalue weighted by Gasteiger charge is 2.32. The Bertz CT molecular complexity index is 1670. The smallest absolute Gasteiger partial charge is 0.406 e. The van der Waals surface area contributed by atoms with Gasteiger partial charge in [-0.1, -0.05) is 18.2 Å². The lowest BCUT2D eigenvalue weighted by Crippen LogP contribution is -2.21. The van der Waals surface area contributed by atoms with E-state index in [0.717, 1.165) is 22.8 Å². The van der Waals surface area contributed by atoms with Crippen LogP contribution in [-0.2, 0) is 6.42 Å². The number of halogens is 6. The van der Waals surface area contributed by atoms with Crippen LogP contribution in [0, 0.1) is 0 Å². The van der Waals surface area contributed by atoms with E-state index in [2.05, 4.69) is 24.7 Å². The fourth-order valence-corrected chi connectivity index (χ4v) is 4.02. The summed E-state index contributed by atoms with van der Waals surface area (Å²) in [5.74, 6) is -0.964. The summed E-state index contributed by atoms with van der Waals surface area (Å²) >= 11 is 0. The van der Waals surface area contributed by atoms with Gasteiger partial charge in [-0.2, -0.15) is 5.10 Å². The molecule has 0 spiro atoms. The van der Waals surface area contributed by atoms with Gasteiger partial charge in [-0.05, 0) is 42.0 Å². The molecule has 0 radical (unpaired) electrons. The van der Waals surface area contributed by atoms with E-state index in [1.165, 1.54) is 30.5 Å². The minimum absolute atomic E-state index is 0.0344. The third kappa shape index (κ3) is 5.06. The van der Waals surface area contributed by atoms with Crippen molar-refractivity contribution in [2.45, 2.75) is 19.1 Å². The van der Waals surface area contributed by atoms with Crippen molar-refractivity contribution in [2.24, 2.45) is 0 Å². The van der Waals surface area contributed by atoms with Gasteiger partial charge in [0, 0.05) is 24.1 Å². The second-order valence-corrected chi connectivity index (χ2v) is 7.85. The molecule has 5 aromatic rings. The van der Waals surface area contributed by atoms with Crippen LogP contribution in [0.2, 0.25) is 0 Å². The normalized spacial score (nSPS) is 12.3. The van der Waals surface area contributed by atoms with Crippen LogP contribution in [-0.4, -0.2) is 32.5 Å². The maximum absolute atomic E-state index is 13.7. The number of hydrogen-bond donors (Lipinski definition) is 1. The summed E-state index contributed by atoms with van der Waals surface area (Å²) in [5, 5.41) is 7.53. The van der Waals surface area contributed by atoms with Crippen LogP contribution >= 0.6 is 0 Å². The summed E-state index contributed by atoms with van der Waals surface area (Å²) < 4.78 is 85.3. The van der Waals surface area contributed by atoms with Crippen LogP contribution in [0.4, 0.5) is 26.3 Å². The van der Waals surface area contributed by atoms with Crippen LogP contribution in [0.15, 0.2) is 71.7 Å². The van der Waals surface area contributed by atoms with Gasteiger partial charge in [0.15, 0.2) is 0 Å². The van der Waals surface area contributed by atoms with E-state index in [9.17, 15) is 31.1 Å².